The van der Waals surface area contributed by atoms with Gasteiger partial charge in [-0.05, 0) is 30.7 Å². The van der Waals surface area contributed by atoms with Crippen LogP contribution in [-0.4, -0.2) is 25.5 Å². The van der Waals surface area contributed by atoms with Crippen molar-refractivity contribution in [2.24, 2.45) is 0 Å². The summed E-state index contributed by atoms with van der Waals surface area (Å²) >= 11 is 5.83. The molecule has 0 unspecified atom stereocenters. The molecule has 0 heterocycles. The average Bonchev–Trinajstić information content (AvgIpc) is 2.29. The normalized spacial score (nSPS) is 9.69. The smallest absolute Gasteiger partial charge is 0.325 e. The molecule has 4 nitrogen and oxygen atoms in total. The zero-order chi connectivity index (χ0) is 12.1. The van der Waals surface area contributed by atoms with Crippen molar-refractivity contribution in [2.75, 3.05) is 13.7 Å². The van der Waals surface area contributed by atoms with Gasteiger partial charge in [0.2, 0.25) is 0 Å². The van der Waals surface area contributed by atoms with Crippen LogP contribution in [0, 0.1) is 6.92 Å². The van der Waals surface area contributed by atoms with E-state index in [4.69, 9.17) is 11.6 Å². The van der Waals surface area contributed by atoms with Crippen LogP contribution >= 0.6 is 11.6 Å². The van der Waals surface area contributed by atoms with E-state index in [1.54, 1.807) is 25.1 Å². The van der Waals surface area contributed by atoms with Gasteiger partial charge in [0.25, 0.3) is 5.91 Å². The highest BCUT2D eigenvalue weighted by Crippen LogP contribution is 2.15. The Morgan fingerprint density at radius 1 is 1.44 bits per heavy atom. The van der Waals surface area contributed by atoms with Crippen molar-refractivity contribution in [3.63, 3.8) is 0 Å². The van der Waals surface area contributed by atoms with E-state index in [1.807, 2.05) is 0 Å². The fourth-order valence-corrected chi connectivity index (χ4v) is 1.23. The number of rotatable bonds is 3. The van der Waals surface area contributed by atoms with E-state index in [0.717, 1.165) is 5.56 Å². The number of carbonyl (C=O) groups is 2. The second-order valence-corrected chi connectivity index (χ2v) is 3.63. The molecule has 1 aromatic carbocycles. The quantitative estimate of drug-likeness (QED) is 0.817. The third-order valence-corrected chi connectivity index (χ3v) is 2.47. The van der Waals surface area contributed by atoms with Gasteiger partial charge in [-0.1, -0.05) is 11.6 Å². The molecule has 16 heavy (non-hydrogen) atoms. The van der Waals surface area contributed by atoms with Crippen molar-refractivity contribution in [3.8, 4) is 0 Å². The standard InChI is InChI=1S/C11H12ClNO3/c1-7-5-8(3-4-9(7)12)11(15)13-6-10(14)16-2/h3-5H,6H2,1-2H3,(H,13,15). The first-order valence-electron chi connectivity index (χ1n) is 4.65. The Kier molecular flexibility index (Phi) is 4.31. The van der Waals surface area contributed by atoms with Crippen LogP contribution in [0.5, 0.6) is 0 Å². The Hall–Kier alpha value is -1.55. The fourth-order valence-electron chi connectivity index (χ4n) is 1.11. The maximum atomic E-state index is 11.6. The molecule has 1 rings (SSSR count). The third-order valence-electron chi connectivity index (χ3n) is 2.04. The summed E-state index contributed by atoms with van der Waals surface area (Å²) in [7, 11) is 1.26. The van der Waals surface area contributed by atoms with Gasteiger partial charge in [0.1, 0.15) is 6.54 Å². The van der Waals surface area contributed by atoms with Gasteiger partial charge in [-0.15, -0.1) is 0 Å². The number of hydrogen-bond donors (Lipinski definition) is 1. The predicted octanol–water partition coefficient (Wildman–Crippen LogP) is 1.55. The molecule has 1 N–H and O–H groups in total. The molecule has 0 radical (unpaired) electrons. The Bertz CT molecular complexity index is 418. The van der Waals surface area contributed by atoms with E-state index in [1.165, 1.54) is 7.11 Å². The molecular weight excluding hydrogens is 230 g/mol. The molecule has 0 fully saturated rings. The lowest BCUT2D eigenvalue weighted by molar-refractivity contribution is -0.139. The summed E-state index contributed by atoms with van der Waals surface area (Å²) in [6.07, 6.45) is 0. The third kappa shape index (κ3) is 3.24. The minimum Gasteiger partial charge on any atom is -0.468 e. The molecule has 0 atom stereocenters. The summed E-state index contributed by atoms with van der Waals surface area (Å²) in [5.41, 5.74) is 1.28. The number of benzene rings is 1. The van der Waals surface area contributed by atoms with E-state index in [-0.39, 0.29) is 12.5 Å². The first kappa shape index (κ1) is 12.5. The molecule has 86 valence electrons. The molecule has 0 aliphatic carbocycles. The summed E-state index contributed by atoms with van der Waals surface area (Å²) < 4.78 is 4.40. The summed E-state index contributed by atoms with van der Waals surface area (Å²) in [4.78, 5) is 22.4. The summed E-state index contributed by atoms with van der Waals surface area (Å²) in [6.45, 7) is 1.66. The van der Waals surface area contributed by atoms with Crippen LogP contribution in [0.4, 0.5) is 0 Å². The number of methoxy groups -OCH3 is 1. The van der Waals surface area contributed by atoms with Crippen molar-refractivity contribution in [2.45, 2.75) is 6.92 Å². The van der Waals surface area contributed by atoms with Crippen molar-refractivity contribution < 1.29 is 14.3 Å². The largest absolute Gasteiger partial charge is 0.468 e. The first-order chi connectivity index (χ1) is 7.54. The van der Waals surface area contributed by atoms with E-state index < -0.39 is 5.97 Å². The zero-order valence-electron chi connectivity index (χ0n) is 9.04. The van der Waals surface area contributed by atoms with Crippen LogP contribution in [0.25, 0.3) is 0 Å². The SMILES string of the molecule is COC(=O)CNC(=O)c1ccc(Cl)c(C)c1. The van der Waals surface area contributed by atoms with Gasteiger partial charge < -0.3 is 10.1 Å². The first-order valence-corrected chi connectivity index (χ1v) is 5.03. The monoisotopic (exact) mass is 241 g/mol. The summed E-state index contributed by atoms with van der Waals surface area (Å²) in [5.74, 6) is -0.816. The van der Waals surface area contributed by atoms with Crippen LogP contribution < -0.4 is 5.32 Å². The molecule has 0 aliphatic rings. The number of carbonyl (C=O) groups excluding carboxylic acids is 2. The molecule has 0 saturated heterocycles. The Morgan fingerprint density at radius 3 is 2.69 bits per heavy atom. The molecule has 0 spiro atoms. The Morgan fingerprint density at radius 2 is 2.12 bits per heavy atom. The van der Waals surface area contributed by atoms with Gasteiger partial charge in [0.05, 0.1) is 7.11 Å². The second kappa shape index (κ2) is 5.51. The second-order valence-electron chi connectivity index (χ2n) is 3.22. The zero-order valence-corrected chi connectivity index (χ0v) is 9.80. The number of hydrogen-bond acceptors (Lipinski definition) is 3. The minimum absolute atomic E-state index is 0.142. The van der Waals surface area contributed by atoms with Gasteiger partial charge >= 0.3 is 5.97 Å². The van der Waals surface area contributed by atoms with Gasteiger partial charge in [0.15, 0.2) is 0 Å². The number of esters is 1. The van der Waals surface area contributed by atoms with Crippen molar-refractivity contribution in [1.82, 2.24) is 5.32 Å². The number of aryl methyl sites for hydroxylation is 1. The highest BCUT2D eigenvalue weighted by Gasteiger charge is 2.08. The van der Waals surface area contributed by atoms with Crippen molar-refractivity contribution in [3.05, 3.63) is 34.3 Å². The molecule has 0 bridgehead atoms. The number of ether oxygens (including phenoxy) is 1. The van der Waals surface area contributed by atoms with Gasteiger partial charge in [-0.2, -0.15) is 0 Å². The maximum absolute atomic E-state index is 11.6. The van der Waals surface area contributed by atoms with Crippen molar-refractivity contribution >= 4 is 23.5 Å². The minimum atomic E-state index is -0.487. The number of halogens is 1. The average molecular weight is 242 g/mol. The van der Waals surface area contributed by atoms with E-state index in [9.17, 15) is 9.59 Å². The number of nitrogens with one attached hydrogen (secondary N) is 1. The van der Waals surface area contributed by atoms with Crippen LogP contribution in [-0.2, 0) is 9.53 Å². The van der Waals surface area contributed by atoms with E-state index in [2.05, 4.69) is 10.1 Å². The molecule has 0 aromatic heterocycles. The van der Waals surface area contributed by atoms with Crippen LogP contribution in [0.1, 0.15) is 15.9 Å². The molecule has 1 amide bonds. The summed E-state index contributed by atoms with van der Waals surface area (Å²) in [6, 6.07) is 4.90. The number of amides is 1. The van der Waals surface area contributed by atoms with Crippen LogP contribution in [0.3, 0.4) is 0 Å². The lowest BCUT2D eigenvalue weighted by Crippen LogP contribution is -2.30. The Labute approximate surface area is 98.5 Å². The fraction of sp³-hybridized carbons (Fsp3) is 0.273. The maximum Gasteiger partial charge on any atom is 0.325 e. The lowest BCUT2D eigenvalue weighted by atomic mass is 10.1. The van der Waals surface area contributed by atoms with Gasteiger partial charge in [-0.3, -0.25) is 9.59 Å². The van der Waals surface area contributed by atoms with Gasteiger partial charge in [0, 0.05) is 10.6 Å². The molecule has 5 heteroatoms. The highest BCUT2D eigenvalue weighted by molar-refractivity contribution is 6.31. The van der Waals surface area contributed by atoms with Crippen LogP contribution in [0.15, 0.2) is 18.2 Å². The Balaban J connectivity index is 2.66. The highest BCUT2D eigenvalue weighted by atomic mass is 35.5. The lowest BCUT2D eigenvalue weighted by Gasteiger charge is -2.05. The molecule has 1 aromatic rings. The van der Waals surface area contributed by atoms with E-state index >= 15 is 0 Å². The van der Waals surface area contributed by atoms with Crippen LogP contribution in [0.2, 0.25) is 5.02 Å². The molecular formula is C11H12ClNO3. The van der Waals surface area contributed by atoms with Crippen molar-refractivity contribution in [1.29, 1.82) is 0 Å². The van der Waals surface area contributed by atoms with E-state index in [0.29, 0.717) is 10.6 Å². The summed E-state index contributed by atoms with van der Waals surface area (Å²) in [5, 5.41) is 3.04. The molecule has 0 aliphatic heterocycles. The topological polar surface area (TPSA) is 55.4 Å². The van der Waals surface area contributed by atoms with Gasteiger partial charge in [-0.25, -0.2) is 0 Å². The molecule has 0 saturated carbocycles. The predicted molar refractivity (Wildman–Crippen MR) is 60.5 cm³/mol.